The molecule has 1 aliphatic rings. The SMILES string of the molecule is CN(c1ccc(C(=O)N2CCc3ccccc32)cc1)S(=O)(=O)c1ccc(Cl)cc1. The summed E-state index contributed by atoms with van der Waals surface area (Å²) in [6, 6.07) is 20.5. The molecule has 29 heavy (non-hydrogen) atoms. The number of fused-ring (bicyclic) bond motifs is 1. The Morgan fingerprint density at radius 1 is 0.966 bits per heavy atom. The minimum absolute atomic E-state index is 0.0929. The highest BCUT2D eigenvalue weighted by Gasteiger charge is 2.26. The first-order valence-corrected chi connectivity index (χ1v) is 10.9. The molecule has 3 aromatic carbocycles. The molecule has 3 aromatic rings. The van der Waals surface area contributed by atoms with Gasteiger partial charge in [0.15, 0.2) is 0 Å². The van der Waals surface area contributed by atoms with Gasteiger partial charge in [0.05, 0.1) is 10.6 Å². The largest absolute Gasteiger partial charge is 0.308 e. The molecule has 5 nitrogen and oxygen atoms in total. The molecule has 0 bridgehead atoms. The molecule has 7 heteroatoms. The summed E-state index contributed by atoms with van der Waals surface area (Å²) in [6.07, 6.45) is 0.835. The van der Waals surface area contributed by atoms with Crippen molar-refractivity contribution in [2.24, 2.45) is 0 Å². The number of anilines is 2. The lowest BCUT2D eigenvalue weighted by Crippen LogP contribution is -2.29. The van der Waals surface area contributed by atoms with Crippen LogP contribution >= 0.6 is 11.6 Å². The maximum absolute atomic E-state index is 12.9. The van der Waals surface area contributed by atoms with Crippen LogP contribution in [0.2, 0.25) is 5.02 Å². The normalized spacial score (nSPS) is 13.2. The number of rotatable bonds is 4. The van der Waals surface area contributed by atoms with E-state index in [1.807, 2.05) is 24.3 Å². The van der Waals surface area contributed by atoms with Gasteiger partial charge < -0.3 is 4.90 Å². The summed E-state index contributed by atoms with van der Waals surface area (Å²) in [4.78, 5) is 14.8. The first-order valence-electron chi connectivity index (χ1n) is 9.12. The molecule has 0 N–H and O–H groups in total. The third-order valence-electron chi connectivity index (χ3n) is 5.08. The third kappa shape index (κ3) is 3.61. The second-order valence-electron chi connectivity index (χ2n) is 6.81. The lowest BCUT2D eigenvalue weighted by molar-refractivity contribution is 0.0989. The van der Waals surface area contributed by atoms with Gasteiger partial charge in [0.25, 0.3) is 15.9 Å². The van der Waals surface area contributed by atoms with Gasteiger partial charge >= 0.3 is 0 Å². The standard InChI is InChI=1S/C22H19ClN2O3S/c1-24(29(27,28)20-12-8-18(23)9-13-20)19-10-6-17(7-11-19)22(26)25-15-14-16-4-2-3-5-21(16)25/h2-13H,14-15H2,1H3. The highest BCUT2D eigenvalue weighted by atomic mass is 35.5. The highest BCUT2D eigenvalue weighted by Crippen LogP contribution is 2.29. The van der Waals surface area contributed by atoms with Crippen molar-refractivity contribution in [2.75, 3.05) is 22.8 Å². The summed E-state index contributed by atoms with van der Waals surface area (Å²) in [5.41, 5.74) is 3.08. The van der Waals surface area contributed by atoms with E-state index in [1.54, 1.807) is 29.2 Å². The van der Waals surface area contributed by atoms with E-state index in [2.05, 4.69) is 0 Å². The average molecular weight is 427 g/mol. The Labute approximate surface area is 175 Å². The smallest absolute Gasteiger partial charge is 0.264 e. The number of halogens is 1. The van der Waals surface area contributed by atoms with Gasteiger partial charge in [-0.3, -0.25) is 9.10 Å². The molecule has 1 amide bonds. The van der Waals surface area contributed by atoms with Gasteiger partial charge in [0.1, 0.15) is 0 Å². The number of amides is 1. The molecule has 0 aromatic heterocycles. The Kier molecular flexibility index (Phi) is 5.06. The Balaban J connectivity index is 1.56. The molecule has 0 fully saturated rings. The van der Waals surface area contributed by atoms with Gasteiger partial charge in [-0.1, -0.05) is 29.8 Å². The number of carbonyl (C=O) groups is 1. The second-order valence-corrected chi connectivity index (χ2v) is 9.21. The van der Waals surface area contributed by atoms with Crippen LogP contribution in [0.1, 0.15) is 15.9 Å². The summed E-state index contributed by atoms with van der Waals surface area (Å²) in [6.45, 7) is 0.644. The van der Waals surface area contributed by atoms with Crippen LogP contribution in [0, 0.1) is 0 Å². The van der Waals surface area contributed by atoms with Crippen molar-refractivity contribution in [1.29, 1.82) is 0 Å². The fourth-order valence-electron chi connectivity index (χ4n) is 3.42. The van der Waals surface area contributed by atoms with E-state index in [-0.39, 0.29) is 10.8 Å². The van der Waals surface area contributed by atoms with Crippen LogP contribution in [0.25, 0.3) is 0 Å². The van der Waals surface area contributed by atoms with Crippen LogP contribution in [0.5, 0.6) is 0 Å². The number of hydrogen-bond acceptors (Lipinski definition) is 3. The van der Waals surface area contributed by atoms with Gasteiger partial charge in [-0.05, 0) is 66.6 Å². The predicted octanol–water partition coefficient (Wildman–Crippen LogP) is 4.37. The van der Waals surface area contributed by atoms with E-state index in [9.17, 15) is 13.2 Å². The maximum atomic E-state index is 12.9. The number of carbonyl (C=O) groups excluding carboxylic acids is 1. The van der Waals surface area contributed by atoms with Crippen LogP contribution in [0.4, 0.5) is 11.4 Å². The van der Waals surface area contributed by atoms with E-state index in [4.69, 9.17) is 11.6 Å². The molecular formula is C22H19ClN2O3S. The lowest BCUT2D eigenvalue weighted by Gasteiger charge is -2.21. The zero-order chi connectivity index (χ0) is 20.6. The number of benzene rings is 3. The third-order valence-corrected chi connectivity index (χ3v) is 7.13. The summed E-state index contributed by atoms with van der Waals surface area (Å²) < 4.78 is 26.8. The number of nitrogens with zero attached hydrogens (tertiary/aromatic N) is 2. The molecule has 0 unspecified atom stereocenters. The Bertz CT molecular complexity index is 1160. The van der Waals surface area contributed by atoms with Gasteiger partial charge in [-0.2, -0.15) is 0 Å². The van der Waals surface area contributed by atoms with E-state index < -0.39 is 10.0 Å². The first-order chi connectivity index (χ1) is 13.9. The van der Waals surface area contributed by atoms with Crippen molar-refractivity contribution in [3.8, 4) is 0 Å². The minimum atomic E-state index is -3.72. The predicted molar refractivity (Wildman–Crippen MR) is 115 cm³/mol. The van der Waals surface area contributed by atoms with Crippen LogP contribution in [0.15, 0.2) is 77.7 Å². The van der Waals surface area contributed by atoms with Crippen molar-refractivity contribution in [3.05, 3.63) is 88.9 Å². The molecule has 0 saturated carbocycles. The van der Waals surface area contributed by atoms with Crippen LogP contribution in [-0.2, 0) is 16.4 Å². The molecule has 0 aliphatic carbocycles. The summed E-state index contributed by atoms with van der Waals surface area (Å²) in [5.74, 6) is -0.0929. The molecule has 0 atom stereocenters. The quantitative estimate of drug-likeness (QED) is 0.622. The van der Waals surface area contributed by atoms with E-state index in [0.717, 1.165) is 17.7 Å². The van der Waals surface area contributed by atoms with Crippen LogP contribution in [0.3, 0.4) is 0 Å². The highest BCUT2D eigenvalue weighted by molar-refractivity contribution is 7.92. The lowest BCUT2D eigenvalue weighted by atomic mass is 10.1. The summed E-state index contributed by atoms with van der Waals surface area (Å²) in [7, 11) is -2.23. The fraction of sp³-hybridized carbons (Fsp3) is 0.136. The minimum Gasteiger partial charge on any atom is -0.308 e. The Morgan fingerprint density at radius 3 is 2.31 bits per heavy atom. The maximum Gasteiger partial charge on any atom is 0.264 e. The van der Waals surface area contributed by atoms with Gasteiger partial charge in [0.2, 0.25) is 0 Å². The van der Waals surface area contributed by atoms with Crippen LogP contribution < -0.4 is 9.21 Å². The topological polar surface area (TPSA) is 57.7 Å². The van der Waals surface area contributed by atoms with Crippen molar-refractivity contribution >= 4 is 38.9 Å². The Morgan fingerprint density at radius 2 is 1.62 bits per heavy atom. The summed E-state index contributed by atoms with van der Waals surface area (Å²) >= 11 is 5.85. The number of sulfonamides is 1. The monoisotopic (exact) mass is 426 g/mol. The van der Waals surface area contributed by atoms with Crippen molar-refractivity contribution in [3.63, 3.8) is 0 Å². The molecule has 0 saturated heterocycles. The number of para-hydroxylation sites is 1. The molecule has 0 spiro atoms. The second kappa shape index (κ2) is 7.54. The van der Waals surface area contributed by atoms with Crippen molar-refractivity contribution in [2.45, 2.75) is 11.3 Å². The fourth-order valence-corrected chi connectivity index (χ4v) is 4.74. The van der Waals surface area contributed by atoms with Gasteiger partial charge in [-0.25, -0.2) is 8.42 Å². The molecule has 1 heterocycles. The van der Waals surface area contributed by atoms with E-state index in [0.29, 0.717) is 22.8 Å². The van der Waals surface area contributed by atoms with Crippen molar-refractivity contribution in [1.82, 2.24) is 0 Å². The van der Waals surface area contributed by atoms with Gasteiger partial charge in [-0.15, -0.1) is 0 Å². The van der Waals surface area contributed by atoms with Crippen molar-refractivity contribution < 1.29 is 13.2 Å². The van der Waals surface area contributed by atoms with Crippen LogP contribution in [-0.4, -0.2) is 27.9 Å². The zero-order valence-electron chi connectivity index (χ0n) is 15.7. The first kappa shape index (κ1) is 19.5. The zero-order valence-corrected chi connectivity index (χ0v) is 17.3. The summed E-state index contributed by atoms with van der Waals surface area (Å²) in [5, 5.41) is 0.470. The molecule has 4 rings (SSSR count). The number of hydrogen-bond donors (Lipinski definition) is 0. The van der Waals surface area contributed by atoms with E-state index >= 15 is 0 Å². The molecular weight excluding hydrogens is 408 g/mol. The molecule has 148 valence electrons. The van der Waals surface area contributed by atoms with E-state index in [1.165, 1.54) is 35.6 Å². The molecule has 0 radical (unpaired) electrons. The Hall–Kier alpha value is -2.83. The van der Waals surface area contributed by atoms with Gasteiger partial charge in [0, 0.05) is 29.9 Å². The molecule has 1 aliphatic heterocycles. The average Bonchev–Trinajstić information content (AvgIpc) is 3.17.